The Morgan fingerprint density at radius 2 is 2.06 bits per heavy atom. The lowest BCUT2D eigenvalue weighted by Gasteiger charge is -2.07. The number of Topliss-reactive ketones (excluding diaryl/α,β-unsaturated/α-hetero) is 1. The van der Waals surface area contributed by atoms with Gasteiger partial charge >= 0.3 is 0 Å². The van der Waals surface area contributed by atoms with Crippen molar-refractivity contribution in [1.29, 1.82) is 0 Å². The molecule has 1 aromatic heterocycles. The summed E-state index contributed by atoms with van der Waals surface area (Å²) in [6.07, 6.45) is 1.93. The SMILES string of the molecule is CC(C)CC(=O)Cn1cnc2ccccc2c1=O. The zero-order valence-corrected chi connectivity index (χ0v) is 10.6. The molecule has 0 aliphatic carbocycles. The van der Waals surface area contributed by atoms with Crippen molar-refractivity contribution in [3.8, 4) is 0 Å². The number of ketones is 1. The lowest BCUT2D eigenvalue weighted by Crippen LogP contribution is -2.25. The third-order valence-corrected chi connectivity index (χ3v) is 2.71. The number of carbonyl (C=O) groups excluding carboxylic acids is 1. The zero-order valence-electron chi connectivity index (χ0n) is 10.6. The molecule has 0 radical (unpaired) electrons. The molecule has 94 valence electrons. The third-order valence-electron chi connectivity index (χ3n) is 2.71. The first-order valence-corrected chi connectivity index (χ1v) is 6.04. The lowest BCUT2D eigenvalue weighted by molar-refractivity contribution is -0.120. The normalized spacial score (nSPS) is 11.1. The van der Waals surface area contributed by atoms with Crippen molar-refractivity contribution >= 4 is 16.7 Å². The van der Waals surface area contributed by atoms with Crippen LogP contribution < -0.4 is 5.56 Å². The van der Waals surface area contributed by atoms with Crippen LogP contribution >= 0.6 is 0 Å². The van der Waals surface area contributed by atoms with Gasteiger partial charge in [-0.2, -0.15) is 0 Å². The zero-order chi connectivity index (χ0) is 13.1. The summed E-state index contributed by atoms with van der Waals surface area (Å²) in [5.74, 6) is 0.366. The fourth-order valence-electron chi connectivity index (χ4n) is 1.93. The number of rotatable bonds is 4. The minimum absolute atomic E-state index is 0.0594. The van der Waals surface area contributed by atoms with Crippen LogP contribution in [0.25, 0.3) is 10.9 Å². The molecule has 1 heterocycles. The Kier molecular flexibility index (Phi) is 3.55. The van der Waals surface area contributed by atoms with Gasteiger partial charge in [0.25, 0.3) is 5.56 Å². The van der Waals surface area contributed by atoms with Gasteiger partial charge in [-0.15, -0.1) is 0 Å². The molecule has 0 spiro atoms. The number of aromatic nitrogens is 2. The van der Waals surface area contributed by atoms with Crippen molar-refractivity contribution in [2.45, 2.75) is 26.8 Å². The largest absolute Gasteiger partial charge is 0.298 e. The van der Waals surface area contributed by atoms with Gasteiger partial charge in [-0.05, 0) is 18.1 Å². The predicted molar refractivity (Wildman–Crippen MR) is 70.5 cm³/mol. The molecule has 0 saturated carbocycles. The number of hydrogen-bond acceptors (Lipinski definition) is 3. The molecule has 0 aliphatic rings. The molecular weight excluding hydrogens is 228 g/mol. The first kappa shape index (κ1) is 12.5. The predicted octanol–water partition coefficient (Wildman–Crippen LogP) is 2.01. The minimum atomic E-state index is -0.155. The Morgan fingerprint density at radius 1 is 1.33 bits per heavy atom. The van der Waals surface area contributed by atoms with Crippen LogP contribution in [0.3, 0.4) is 0 Å². The lowest BCUT2D eigenvalue weighted by atomic mass is 10.1. The second kappa shape index (κ2) is 5.12. The van der Waals surface area contributed by atoms with Gasteiger partial charge in [-0.3, -0.25) is 14.2 Å². The van der Waals surface area contributed by atoms with E-state index in [0.29, 0.717) is 23.2 Å². The van der Waals surface area contributed by atoms with E-state index < -0.39 is 0 Å². The highest BCUT2D eigenvalue weighted by atomic mass is 16.1. The number of benzene rings is 1. The summed E-state index contributed by atoms with van der Waals surface area (Å²) in [6.45, 7) is 4.08. The molecule has 0 unspecified atom stereocenters. The smallest absolute Gasteiger partial charge is 0.261 e. The van der Waals surface area contributed by atoms with Gasteiger partial charge < -0.3 is 0 Å². The highest BCUT2D eigenvalue weighted by Crippen LogP contribution is 2.05. The maximum atomic E-state index is 12.1. The van der Waals surface area contributed by atoms with Crippen LogP contribution in [0.15, 0.2) is 35.4 Å². The van der Waals surface area contributed by atoms with Crippen molar-refractivity contribution in [3.05, 3.63) is 40.9 Å². The number of para-hydroxylation sites is 1. The van der Waals surface area contributed by atoms with Crippen molar-refractivity contribution in [1.82, 2.24) is 9.55 Å². The highest BCUT2D eigenvalue weighted by Gasteiger charge is 2.09. The van der Waals surface area contributed by atoms with Crippen LogP contribution in [0.5, 0.6) is 0 Å². The molecule has 4 nitrogen and oxygen atoms in total. The van der Waals surface area contributed by atoms with E-state index in [1.807, 2.05) is 19.9 Å². The third kappa shape index (κ3) is 2.64. The molecule has 0 aliphatic heterocycles. The summed E-state index contributed by atoms with van der Waals surface area (Å²) in [5, 5.41) is 0.553. The fourth-order valence-corrected chi connectivity index (χ4v) is 1.93. The van der Waals surface area contributed by atoms with Crippen molar-refractivity contribution in [3.63, 3.8) is 0 Å². The van der Waals surface area contributed by atoms with E-state index in [4.69, 9.17) is 0 Å². The Morgan fingerprint density at radius 3 is 2.78 bits per heavy atom. The van der Waals surface area contributed by atoms with Crippen molar-refractivity contribution in [2.24, 2.45) is 5.92 Å². The molecule has 1 aromatic carbocycles. The van der Waals surface area contributed by atoms with E-state index in [9.17, 15) is 9.59 Å². The molecule has 18 heavy (non-hydrogen) atoms. The van der Waals surface area contributed by atoms with Crippen LogP contribution in [0.2, 0.25) is 0 Å². The van der Waals surface area contributed by atoms with Crippen molar-refractivity contribution < 1.29 is 4.79 Å². The summed E-state index contributed by atoms with van der Waals surface area (Å²) < 4.78 is 1.38. The van der Waals surface area contributed by atoms with Crippen molar-refractivity contribution in [2.75, 3.05) is 0 Å². The quantitative estimate of drug-likeness (QED) is 0.826. The van der Waals surface area contributed by atoms with E-state index in [1.165, 1.54) is 10.9 Å². The molecule has 0 amide bonds. The molecule has 0 atom stereocenters. The van der Waals surface area contributed by atoms with E-state index in [1.54, 1.807) is 18.2 Å². The van der Waals surface area contributed by atoms with Gasteiger partial charge in [0.2, 0.25) is 0 Å². The molecule has 2 aromatic rings. The van der Waals surface area contributed by atoms with Gasteiger partial charge in [-0.1, -0.05) is 26.0 Å². The number of nitrogens with zero attached hydrogens (tertiary/aromatic N) is 2. The summed E-state index contributed by atoms with van der Waals surface area (Å²) in [6, 6.07) is 7.15. The van der Waals surface area contributed by atoms with Crippen LogP contribution in [-0.4, -0.2) is 15.3 Å². The van der Waals surface area contributed by atoms with Crippen LogP contribution in [0.4, 0.5) is 0 Å². The Hall–Kier alpha value is -1.97. The topological polar surface area (TPSA) is 52.0 Å². The highest BCUT2D eigenvalue weighted by molar-refractivity contribution is 5.80. The molecule has 0 N–H and O–H groups in total. The van der Waals surface area contributed by atoms with E-state index in [2.05, 4.69) is 4.98 Å². The minimum Gasteiger partial charge on any atom is -0.298 e. The second-order valence-electron chi connectivity index (χ2n) is 4.83. The van der Waals surface area contributed by atoms with Gasteiger partial charge in [0.1, 0.15) is 0 Å². The molecule has 0 saturated heterocycles. The Balaban J connectivity index is 2.32. The average Bonchev–Trinajstić information content (AvgIpc) is 2.32. The van der Waals surface area contributed by atoms with E-state index >= 15 is 0 Å². The maximum absolute atomic E-state index is 12.1. The standard InChI is InChI=1S/C14H16N2O2/c1-10(2)7-11(17)8-16-9-15-13-6-4-3-5-12(13)14(16)18/h3-6,9-10H,7-8H2,1-2H3. The van der Waals surface area contributed by atoms with E-state index in [-0.39, 0.29) is 17.9 Å². The first-order chi connectivity index (χ1) is 8.58. The average molecular weight is 244 g/mol. The Bertz CT molecular complexity index is 629. The maximum Gasteiger partial charge on any atom is 0.261 e. The molecular formula is C14H16N2O2. The number of fused-ring (bicyclic) bond motifs is 1. The molecule has 4 heteroatoms. The van der Waals surface area contributed by atoms with Crippen LogP contribution in [0, 0.1) is 5.92 Å². The molecule has 0 bridgehead atoms. The Labute approximate surface area is 105 Å². The van der Waals surface area contributed by atoms with Crippen LogP contribution in [-0.2, 0) is 11.3 Å². The van der Waals surface area contributed by atoms with Gasteiger partial charge in [0.05, 0.1) is 23.8 Å². The number of hydrogen-bond donors (Lipinski definition) is 0. The van der Waals surface area contributed by atoms with Gasteiger partial charge in [0.15, 0.2) is 5.78 Å². The summed E-state index contributed by atoms with van der Waals surface area (Å²) >= 11 is 0. The summed E-state index contributed by atoms with van der Waals surface area (Å²) in [7, 11) is 0. The number of carbonyl (C=O) groups is 1. The monoisotopic (exact) mass is 244 g/mol. The first-order valence-electron chi connectivity index (χ1n) is 6.04. The summed E-state index contributed by atoms with van der Waals surface area (Å²) in [4.78, 5) is 28.0. The molecule has 0 fully saturated rings. The molecule has 2 rings (SSSR count). The van der Waals surface area contributed by atoms with E-state index in [0.717, 1.165) is 0 Å². The summed E-state index contributed by atoms with van der Waals surface area (Å²) in [5.41, 5.74) is 0.507. The fraction of sp³-hybridized carbons (Fsp3) is 0.357. The van der Waals surface area contributed by atoms with Gasteiger partial charge in [0, 0.05) is 6.42 Å². The van der Waals surface area contributed by atoms with Crippen LogP contribution in [0.1, 0.15) is 20.3 Å². The van der Waals surface area contributed by atoms with Gasteiger partial charge in [-0.25, -0.2) is 4.98 Å². The second-order valence-corrected chi connectivity index (χ2v) is 4.83.